The van der Waals surface area contributed by atoms with Gasteiger partial charge in [0, 0.05) is 17.5 Å². The molecule has 1 aliphatic rings. The van der Waals surface area contributed by atoms with E-state index in [2.05, 4.69) is 52.3 Å². The first-order valence-electron chi connectivity index (χ1n) is 6.93. The molecule has 3 nitrogen and oxygen atoms in total. The van der Waals surface area contributed by atoms with Crippen molar-refractivity contribution in [3.8, 4) is 0 Å². The summed E-state index contributed by atoms with van der Waals surface area (Å²) in [6.45, 7) is 0.853. The standard InChI is InChI=1S/C16H17BrN2OS/c17-15-9-8-14(21-15)13-11-16(18)20-19(13)10-4-7-12-5-2-1-3-6-12/h1-3,5-6,8-9,11,13H,4,7,10,18H2. The Labute approximate surface area is 137 Å². The summed E-state index contributed by atoms with van der Waals surface area (Å²) in [7, 11) is 0. The molecule has 5 heteroatoms. The first-order valence-corrected chi connectivity index (χ1v) is 8.54. The molecule has 1 aromatic heterocycles. The van der Waals surface area contributed by atoms with Crippen molar-refractivity contribution in [1.82, 2.24) is 5.06 Å². The van der Waals surface area contributed by atoms with Gasteiger partial charge in [-0.3, -0.25) is 0 Å². The number of hydroxylamine groups is 2. The van der Waals surface area contributed by atoms with E-state index >= 15 is 0 Å². The van der Waals surface area contributed by atoms with Gasteiger partial charge in [0.15, 0.2) is 0 Å². The summed E-state index contributed by atoms with van der Waals surface area (Å²) in [5.74, 6) is 0.490. The second-order valence-corrected chi connectivity index (χ2v) is 7.47. The average molecular weight is 365 g/mol. The fourth-order valence-electron chi connectivity index (χ4n) is 2.44. The molecule has 1 atom stereocenters. The van der Waals surface area contributed by atoms with Gasteiger partial charge in [-0.1, -0.05) is 30.3 Å². The number of hydrogen-bond donors (Lipinski definition) is 1. The largest absolute Gasteiger partial charge is 0.388 e. The monoisotopic (exact) mass is 364 g/mol. The Morgan fingerprint density at radius 3 is 2.71 bits per heavy atom. The molecule has 21 heavy (non-hydrogen) atoms. The van der Waals surface area contributed by atoms with E-state index in [4.69, 9.17) is 10.6 Å². The van der Waals surface area contributed by atoms with Gasteiger partial charge in [-0.2, -0.15) is 0 Å². The highest BCUT2D eigenvalue weighted by molar-refractivity contribution is 9.11. The third-order valence-corrected chi connectivity index (χ3v) is 5.12. The molecular weight excluding hydrogens is 348 g/mol. The highest BCUT2D eigenvalue weighted by Crippen LogP contribution is 2.35. The summed E-state index contributed by atoms with van der Waals surface area (Å²) >= 11 is 5.22. The summed E-state index contributed by atoms with van der Waals surface area (Å²) < 4.78 is 1.13. The second kappa shape index (κ2) is 6.64. The molecule has 2 aromatic rings. The van der Waals surface area contributed by atoms with Gasteiger partial charge >= 0.3 is 0 Å². The molecule has 3 rings (SSSR count). The minimum Gasteiger partial charge on any atom is -0.388 e. The van der Waals surface area contributed by atoms with E-state index in [1.807, 2.05) is 17.2 Å². The van der Waals surface area contributed by atoms with Crippen LogP contribution in [0.25, 0.3) is 0 Å². The summed E-state index contributed by atoms with van der Waals surface area (Å²) in [6.07, 6.45) is 4.05. The van der Waals surface area contributed by atoms with Crippen molar-refractivity contribution in [3.63, 3.8) is 0 Å². The lowest BCUT2D eigenvalue weighted by molar-refractivity contribution is -0.119. The van der Waals surface area contributed by atoms with Crippen molar-refractivity contribution in [3.05, 3.63) is 68.7 Å². The van der Waals surface area contributed by atoms with E-state index in [1.165, 1.54) is 10.4 Å². The van der Waals surface area contributed by atoms with Gasteiger partial charge in [0.05, 0.1) is 3.79 Å². The first kappa shape index (κ1) is 14.6. The minimum atomic E-state index is 0.122. The summed E-state index contributed by atoms with van der Waals surface area (Å²) in [5, 5.41) is 1.97. The van der Waals surface area contributed by atoms with Crippen LogP contribution in [0.3, 0.4) is 0 Å². The number of benzene rings is 1. The molecule has 0 saturated heterocycles. The Bertz CT molecular complexity index is 626. The maximum Gasteiger partial charge on any atom is 0.207 e. The van der Waals surface area contributed by atoms with Crippen LogP contribution in [0.15, 0.2) is 58.2 Å². The molecule has 1 aliphatic heterocycles. The van der Waals surface area contributed by atoms with Gasteiger partial charge in [-0.05, 0) is 46.5 Å². The summed E-state index contributed by atoms with van der Waals surface area (Å²) in [4.78, 5) is 6.88. The molecule has 1 aromatic carbocycles. The molecule has 110 valence electrons. The van der Waals surface area contributed by atoms with Crippen LogP contribution in [-0.4, -0.2) is 11.6 Å². The number of rotatable bonds is 5. The fourth-order valence-corrected chi connectivity index (χ4v) is 3.94. The fraction of sp³-hybridized carbons (Fsp3) is 0.250. The highest BCUT2D eigenvalue weighted by atomic mass is 79.9. The van der Waals surface area contributed by atoms with E-state index in [-0.39, 0.29) is 6.04 Å². The predicted octanol–water partition coefficient (Wildman–Crippen LogP) is 4.23. The van der Waals surface area contributed by atoms with Crippen molar-refractivity contribution < 1.29 is 4.84 Å². The Morgan fingerprint density at radius 2 is 2.00 bits per heavy atom. The van der Waals surface area contributed by atoms with E-state index < -0.39 is 0 Å². The maximum absolute atomic E-state index is 5.83. The topological polar surface area (TPSA) is 38.5 Å². The third-order valence-electron chi connectivity index (χ3n) is 3.43. The molecule has 0 fully saturated rings. The molecule has 1 unspecified atom stereocenters. The van der Waals surface area contributed by atoms with Crippen LogP contribution >= 0.6 is 27.3 Å². The number of halogens is 1. The molecule has 0 amide bonds. The molecule has 0 aliphatic carbocycles. The van der Waals surface area contributed by atoms with Gasteiger partial charge in [-0.25, -0.2) is 0 Å². The maximum atomic E-state index is 5.83. The Kier molecular flexibility index (Phi) is 4.63. The number of nitrogens with two attached hydrogens (primary N) is 1. The zero-order chi connectivity index (χ0) is 14.7. The Balaban J connectivity index is 1.59. The van der Waals surface area contributed by atoms with E-state index in [0.717, 1.165) is 23.2 Å². The van der Waals surface area contributed by atoms with Gasteiger partial charge in [0.25, 0.3) is 0 Å². The Morgan fingerprint density at radius 1 is 1.19 bits per heavy atom. The van der Waals surface area contributed by atoms with Crippen LogP contribution in [0.4, 0.5) is 0 Å². The quantitative estimate of drug-likeness (QED) is 0.862. The lowest BCUT2D eigenvalue weighted by atomic mass is 10.1. The van der Waals surface area contributed by atoms with Gasteiger partial charge in [0.2, 0.25) is 5.88 Å². The van der Waals surface area contributed by atoms with Crippen molar-refractivity contribution in [2.45, 2.75) is 18.9 Å². The second-order valence-electron chi connectivity index (χ2n) is 4.98. The first-order chi connectivity index (χ1) is 10.2. The Hall–Kier alpha value is -1.30. The number of hydrogen-bond acceptors (Lipinski definition) is 4. The van der Waals surface area contributed by atoms with Gasteiger partial charge < -0.3 is 10.6 Å². The lowest BCUT2D eigenvalue weighted by Crippen LogP contribution is -2.24. The molecular formula is C16H17BrN2OS. The van der Waals surface area contributed by atoms with Crippen molar-refractivity contribution in [2.75, 3.05) is 6.54 Å². The van der Waals surface area contributed by atoms with Crippen molar-refractivity contribution >= 4 is 27.3 Å². The van der Waals surface area contributed by atoms with Crippen LogP contribution in [0.1, 0.15) is 22.9 Å². The number of nitrogens with zero attached hydrogens (tertiary/aromatic N) is 1. The molecule has 2 N–H and O–H groups in total. The van der Waals surface area contributed by atoms with Crippen LogP contribution in [-0.2, 0) is 11.3 Å². The van der Waals surface area contributed by atoms with Crippen LogP contribution in [0.5, 0.6) is 0 Å². The molecule has 0 spiro atoms. The normalized spacial score (nSPS) is 18.5. The predicted molar refractivity (Wildman–Crippen MR) is 89.6 cm³/mol. The minimum absolute atomic E-state index is 0.122. The van der Waals surface area contributed by atoms with E-state index in [0.29, 0.717) is 5.88 Å². The molecule has 0 radical (unpaired) electrons. The SMILES string of the molecule is NC1=CC(c2ccc(Br)s2)N(CCCc2ccccc2)O1. The van der Waals surface area contributed by atoms with Gasteiger partial charge in [0.1, 0.15) is 6.04 Å². The third kappa shape index (κ3) is 3.67. The number of thiophene rings is 1. The smallest absolute Gasteiger partial charge is 0.207 e. The zero-order valence-electron chi connectivity index (χ0n) is 11.5. The van der Waals surface area contributed by atoms with E-state index in [1.54, 1.807) is 11.3 Å². The van der Waals surface area contributed by atoms with Crippen molar-refractivity contribution in [2.24, 2.45) is 5.73 Å². The van der Waals surface area contributed by atoms with Crippen LogP contribution in [0.2, 0.25) is 0 Å². The molecule has 0 saturated carbocycles. The van der Waals surface area contributed by atoms with Crippen LogP contribution in [0, 0.1) is 0 Å². The molecule has 2 heterocycles. The average Bonchev–Trinajstić information content (AvgIpc) is 3.06. The summed E-state index contributed by atoms with van der Waals surface area (Å²) in [5.41, 5.74) is 7.19. The lowest BCUT2D eigenvalue weighted by Gasteiger charge is -2.21. The number of aryl methyl sites for hydroxylation is 1. The summed E-state index contributed by atoms with van der Waals surface area (Å²) in [6, 6.07) is 14.8. The van der Waals surface area contributed by atoms with Gasteiger partial charge in [-0.15, -0.1) is 16.4 Å². The molecule has 0 bridgehead atoms. The highest BCUT2D eigenvalue weighted by Gasteiger charge is 2.28. The van der Waals surface area contributed by atoms with Crippen molar-refractivity contribution in [1.29, 1.82) is 0 Å². The van der Waals surface area contributed by atoms with Crippen LogP contribution < -0.4 is 5.73 Å². The zero-order valence-corrected chi connectivity index (χ0v) is 13.9. The van der Waals surface area contributed by atoms with E-state index in [9.17, 15) is 0 Å².